The van der Waals surface area contributed by atoms with Crippen LogP contribution in [0.15, 0.2) is 34.9 Å². The number of ether oxygens (including phenoxy) is 5. The van der Waals surface area contributed by atoms with Crippen LogP contribution in [0.1, 0.15) is 25.1 Å². The number of hydrogen-bond donors (Lipinski definition) is 12. The van der Waals surface area contributed by atoms with Gasteiger partial charge in [0.2, 0.25) is 17.7 Å². The van der Waals surface area contributed by atoms with Gasteiger partial charge in [-0.05, 0) is 6.42 Å². The molecule has 0 radical (unpaired) electrons. The van der Waals surface area contributed by atoms with Crippen molar-refractivity contribution in [3.63, 3.8) is 0 Å². The summed E-state index contributed by atoms with van der Waals surface area (Å²) in [6, 6.07) is 0. The Morgan fingerprint density at radius 1 is 0.709 bits per heavy atom. The van der Waals surface area contributed by atoms with Crippen molar-refractivity contribution in [2.45, 2.75) is 73.9 Å². The number of aliphatic hydroxyl groups is 3. The zero-order chi connectivity index (χ0) is 57.1. The molecular formula is C37H54N15O23P4+. The van der Waals surface area contributed by atoms with E-state index < -0.39 is 148 Å². The SMILES string of the molecule is COCC[C@H]1[C@@H](O)[C@H]([n+]2cn(C)c3c(=O)[nH]c(N)nc32)O[C@@H]1COP(=O)(O)CCP(=O)(O)OP(=O)(O)OCC1O[C@@H](n2cnc3c(N)ncnc32)[C@H](OC)[C@@H]1OP(=O)(O)OC[C@H]1O[C@@H](n2cnc3c(=O)[nH]c(N)nc32)[C@H](O)[C@@H]1O. The fraction of sp³-hybridized carbons (Fsp3) is 0.595. The topological polar surface area (TPSA) is 542 Å². The second-order valence-electron chi connectivity index (χ2n) is 18.1. The van der Waals surface area contributed by atoms with Crippen LogP contribution in [0, 0.1) is 5.92 Å². The second kappa shape index (κ2) is 22.7. The number of nitrogen functional groups attached to an aromatic ring is 3. The summed E-state index contributed by atoms with van der Waals surface area (Å²) in [6.07, 6.45) is -14.2. The number of imidazole rings is 3. The van der Waals surface area contributed by atoms with Gasteiger partial charge in [0, 0.05) is 26.7 Å². The van der Waals surface area contributed by atoms with E-state index >= 15 is 0 Å². The molecule has 3 saturated heterocycles. The summed E-state index contributed by atoms with van der Waals surface area (Å²) in [5, 5.41) is 33.2. The molecule has 3 aliphatic heterocycles. The number of phosphoric acid groups is 2. The lowest BCUT2D eigenvalue weighted by Gasteiger charge is -2.26. The number of fused-ring (bicyclic) bond motifs is 3. The van der Waals surface area contributed by atoms with Crippen LogP contribution < -0.4 is 32.9 Å². The van der Waals surface area contributed by atoms with Crippen molar-refractivity contribution in [3.05, 3.63) is 46.0 Å². The molecule has 16 atom stereocenters. The van der Waals surface area contributed by atoms with Crippen molar-refractivity contribution in [1.82, 2.24) is 53.6 Å². The maximum Gasteiger partial charge on any atom is 0.479 e. The maximum absolute atomic E-state index is 13.7. The Morgan fingerprint density at radius 3 is 2.06 bits per heavy atom. The lowest BCUT2D eigenvalue weighted by Crippen LogP contribution is -2.45. The number of hydrogen-bond acceptors (Lipinski definition) is 28. The summed E-state index contributed by atoms with van der Waals surface area (Å²) >= 11 is 0. The van der Waals surface area contributed by atoms with Crippen LogP contribution in [0.2, 0.25) is 0 Å². The smallest absolute Gasteiger partial charge is 0.387 e. The van der Waals surface area contributed by atoms with E-state index in [2.05, 4.69) is 44.2 Å². The number of phosphoric ester groups is 2. The Balaban J connectivity index is 0.850. The van der Waals surface area contributed by atoms with Crippen LogP contribution >= 0.6 is 30.8 Å². The standard InChI is InChI=1S/C37H53N15O23P4/c1-49-14-52(30-21(49)32(57)48-37(40)46-30)33-22(53)15(4-5-66-2)16(71-33)8-68-76(58,59)6-7-77(60,61)75-79(64,65)70-10-18-25(26(67-3)35(73-18)50-12-43-19-27(38)41-11-42-28(19)50)74-78(62,63)69-9-17-23(54)24(55)34(72-17)51-13-44-20-29(51)45-36(39)47-31(20)56/h11-18,22-26,33-35,53-55H,4-10H2,1-3H3,(H11-,38,39,40,41,42,45,46,47,48,56,57,58,59,60,61,62,63,64,65)/p+1/t15-,16-,17-,18?,22-,23-,24-,25-,26-,33-,34-,35-/m1/s1. The molecule has 42 heteroatoms. The number of H-pyrrole nitrogens is 2. The van der Waals surface area contributed by atoms with Crippen molar-refractivity contribution >= 4 is 82.0 Å². The fourth-order valence-corrected chi connectivity index (χ4v) is 14.9. The number of aliphatic hydroxyl groups excluding tert-OH is 3. The number of aryl methyl sites for hydroxylation is 1. The highest BCUT2D eigenvalue weighted by atomic mass is 31.3. The molecule has 0 saturated carbocycles. The van der Waals surface area contributed by atoms with Gasteiger partial charge in [-0.3, -0.25) is 56.0 Å². The number of anilines is 3. The first-order chi connectivity index (χ1) is 37.2. The highest BCUT2D eigenvalue weighted by Crippen LogP contribution is 2.62. The molecular weight excluding hydrogens is 1150 g/mol. The number of methoxy groups -OCH3 is 2. The molecule has 6 aromatic heterocycles. The van der Waals surface area contributed by atoms with E-state index in [0.29, 0.717) is 0 Å². The zero-order valence-corrected chi connectivity index (χ0v) is 44.9. The van der Waals surface area contributed by atoms with E-state index in [1.54, 1.807) is 7.05 Å². The summed E-state index contributed by atoms with van der Waals surface area (Å²) in [6.45, 7) is -2.66. The van der Waals surface area contributed by atoms with Crippen molar-refractivity contribution in [3.8, 4) is 0 Å². The molecule has 0 spiro atoms. The lowest BCUT2D eigenvalue weighted by molar-refractivity contribution is -0.745. The van der Waals surface area contributed by atoms with E-state index in [-0.39, 0.29) is 64.2 Å². The number of rotatable bonds is 23. The van der Waals surface area contributed by atoms with E-state index in [9.17, 15) is 62.7 Å². The van der Waals surface area contributed by atoms with Gasteiger partial charge >= 0.3 is 36.5 Å². The molecule has 79 heavy (non-hydrogen) atoms. The van der Waals surface area contributed by atoms with Crippen LogP contribution in [-0.2, 0) is 71.4 Å². The molecule has 3 fully saturated rings. The number of aromatic amines is 2. The minimum Gasteiger partial charge on any atom is -0.387 e. The van der Waals surface area contributed by atoms with Gasteiger partial charge in [-0.1, -0.05) is 4.98 Å². The number of nitrogens with two attached hydrogens (primary N) is 3. The minimum atomic E-state index is -5.71. The molecule has 0 aromatic carbocycles. The normalized spacial score (nSPS) is 29.5. The third-order valence-corrected chi connectivity index (χ3v) is 18.7. The predicted octanol–water partition coefficient (Wildman–Crippen LogP) is -3.27. The monoisotopic (exact) mass is 1200 g/mol. The molecule has 38 nitrogen and oxygen atoms in total. The van der Waals surface area contributed by atoms with E-state index in [1.165, 1.54) is 33.5 Å². The summed E-state index contributed by atoms with van der Waals surface area (Å²) in [5.74, 6) is -1.39. The molecule has 0 bridgehead atoms. The quantitative estimate of drug-likeness (QED) is 0.0221. The van der Waals surface area contributed by atoms with Gasteiger partial charge in [-0.2, -0.15) is 4.98 Å². The minimum absolute atomic E-state index is 0.0465. The highest BCUT2D eigenvalue weighted by molar-refractivity contribution is 7.64. The Hall–Kier alpha value is -5.11. The number of nitrogens with zero attached hydrogens (tertiary/aromatic N) is 10. The van der Waals surface area contributed by atoms with Crippen molar-refractivity contribution in [2.24, 2.45) is 13.0 Å². The summed E-state index contributed by atoms with van der Waals surface area (Å²) < 4.78 is 113. The van der Waals surface area contributed by atoms with Gasteiger partial charge in [0.25, 0.3) is 17.1 Å². The molecule has 0 aliphatic carbocycles. The van der Waals surface area contributed by atoms with Gasteiger partial charge in [-0.25, -0.2) is 37.9 Å². The molecule has 6 aromatic rings. The van der Waals surface area contributed by atoms with Gasteiger partial charge in [0.15, 0.2) is 41.4 Å². The first-order valence-electron chi connectivity index (χ1n) is 23.3. The predicted molar refractivity (Wildman–Crippen MR) is 262 cm³/mol. The second-order valence-corrected chi connectivity index (χ2v) is 25.1. The molecule has 0 amide bonds. The van der Waals surface area contributed by atoms with Gasteiger partial charge in [0.1, 0.15) is 54.6 Å². The number of nitrogens with one attached hydrogen (secondary N) is 2. The van der Waals surface area contributed by atoms with Crippen LogP contribution in [-0.4, -0.2) is 190 Å². The third kappa shape index (κ3) is 12.3. The molecule has 5 unspecified atom stereocenters. The van der Waals surface area contributed by atoms with E-state index in [1.807, 2.05) is 0 Å². The van der Waals surface area contributed by atoms with Gasteiger partial charge in [0.05, 0.1) is 58.0 Å². The fourth-order valence-electron chi connectivity index (χ4n) is 9.23. The Morgan fingerprint density at radius 2 is 1.34 bits per heavy atom. The molecule has 3 aliphatic rings. The zero-order valence-electron chi connectivity index (χ0n) is 41.3. The van der Waals surface area contributed by atoms with Crippen molar-refractivity contribution < 1.29 is 104 Å². The van der Waals surface area contributed by atoms with Crippen LogP contribution in [0.25, 0.3) is 33.5 Å². The Bertz CT molecular complexity index is 3550. The Labute approximate surface area is 441 Å². The molecule has 9 rings (SSSR count). The maximum atomic E-state index is 13.7. The molecule has 15 N–H and O–H groups in total. The van der Waals surface area contributed by atoms with Crippen LogP contribution in [0.5, 0.6) is 0 Å². The van der Waals surface area contributed by atoms with Crippen LogP contribution in [0.3, 0.4) is 0 Å². The van der Waals surface area contributed by atoms with Crippen LogP contribution in [0.4, 0.5) is 17.7 Å². The largest absolute Gasteiger partial charge is 0.479 e. The molecule has 9 heterocycles. The molecule has 434 valence electrons. The summed E-state index contributed by atoms with van der Waals surface area (Å²) in [4.78, 5) is 97.2. The number of aromatic nitrogens is 12. The van der Waals surface area contributed by atoms with Crippen molar-refractivity contribution in [1.29, 1.82) is 0 Å². The third-order valence-electron chi connectivity index (χ3n) is 12.9. The summed E-state index contributed by atoms with van der Waals surface area (Å²) in [5.41, 5.74) is 16.1. The Kier molecular flexibility index (Phi) is 16.8. The van der Waals surface area contributed by atoms with Crippen molar-refractivity contribution in [2.75, 3.05) is 70.2 Å². The highest BCUT2D eigenvalue weighted by Gasteiger charge is 2.53. The van der Waals surface area contributed by atoms with Gasteiger partial charge < -0.3 is 80.3 Å². The summed E-state index contributed by atoms with van der Waals surface area (Å²) in [7, 11) is -17.3. The van der Waals surface area contributed by atoms with Gasteiger partial charge in [-0.15, -0.1) is 0 Å². The first-order valence-corrected chi connectivity index (χ1v) is 29.8. The average molecular weight is 1200 g/mol. The van der Waals surface area contributed by atoms with E-state index in [4.69, 9.17) is 59.0 Å². The lowest BCUT2D eigenvalue weighted by atomic mass is 9.95. The first kappa shape index (κ1) is 58.5. The van der Waals surface area contributed by atoms with E-state index in [0.717, 1.165) is 24.3 Å². The average Bonchev–Trinajstić information content (AvgIpc) is 4.30.